The van der Waals surface area contributed by atoms with Crippen molar-refractivity contribution in [2.45, 2.75) is 20.3 Å². The summed E-state index contributed by atoms with van der Waals surface area (Å²) in [6.45, 7) is 4.19. The number of aliphatic carboxylic acids is 1. The number of rotatable bonds is 6. The zero-order valence-corrected chi connectivity index (χ0v) is 10.9. The van der Waals surface area contributed by atoms with E-state index in [2.05, 4.69) is 0 Å². The standard InChI is InChI=1S/C12H17NO3S/c1-9(2)6-13(7-12(15)16)11(14)5-10-3-4-17-8-10/h3-4,8-9H,5-7H2,1-2H3,(H,15,16). The summed E-state index contributed by atoms with van der Waals surface area (Å²) in [6.07, 6.45) is 0.281. The molecule has 0 aromatic carbocycles. The van der Waals surface area contributed by atoms with Gasteiger partial charge in [0.05, 0.1) is 6.42 Å². The van der Waals surface area contributed by atoms with Crippen LogP contribution >= 0.6 is 11.3 Å². The third-order valence-corrected chi connectivity index (χ3v) is 2.93. The van der Waals surface area contributed by atoms with Crippen molar-refractivity contribution in [2.24, 2.45) is 5.92 Å². The lowest BCUT2D eigenvalue weighted by atomic mass is 10.1. The molecule has 5 heteroatoms. The molecule has 1 aromatic rings. The molecule has 0 saturated heterocycles. The fraction of sp³-hybridized carbons (Fsp3) is 0.500. The first-order chi connectivity index (χ1) is 7.99. The van der Waals surface area contributed by atoms with Gasteiger partial charge in [-0.25, -0.2) is 0 Å². The number of amides is 1. The third-order valence-electron chi connectivity index (χ3n) is 2.20. The van der Waals surface area contributed by atoms with Crippen molar-refractivity contribution in [3.05, 3.63) is 22.4 Å². The minimum absolute atomic E-state index is 0.125. The molecule has 0 bridgehead atoms. The molecule has 1 amide bonds. The summed E-state index contributed by atoms with van der Waals surface area (Å²) in [6, 6.07) is 1.89. The van der Waals surface area contributed by atoms with Crippen LogP contribution in [0.3, 0.4) is 0 Å². The molecular weight excluding hydrogens is 238 g/mol. The lowest BCUT2D eigenvalue weighted by Gasteiger charge is -2.22. The number of carbonyl (C=O) groups excluding carboxylic acids is 1. The highest BCUT2D eigenvalue weighted by molar-refractivity contribution is 7.07. The molecule has 94 valence electrons. The van der Waals surface area contributed by atoms with Gasteiger partial charge in [0.15, 0.2) is 0 Å². The quantitative estimate of drug-likeness (QED) is 0.844. The molecule has 0 atom stereocenters. The molecule has 1 aromatic heterocycles. The van der Waals surface area contributed by atoms with Crippen LogP contribution in [-0.4, -0.2) is 35.0 Å². The van der Waals surface area contributed by atoms with Gasteiger partial charge >= 0.3 is 5.97 Å². The first-order valence-electron chi connectivity index (χ1n) is 5.49. The Morgan fingerprint density at radius 3 is 2.65 bits per heavy atom. The van der Waals surface area contributed by atoms with Crippen molar-refractivity contribution >= 4 is 23.2 Å². The molecule has 0 aliphatic rings. The van der Waals surface area contributed by atoms with Crippen molar-refractivity contribution in [1.82, 2.24) is 4.90 Å². The van der Waals surface area contributed by atoms with Gasteiger partial charge in [-0.1, -0.05) is 13.8 Å². The van der Waals surface area contributed by atoms with Gasteiger partial charge in [0.25, 0.3) is 0 Å². The largest absolute Gasteiger partial charge is 0.480 e. The van der Waals surface area contributed by atoms with Crippen LogP contribution in [-0.2, 0) is 16.0 Å². The fourth-order valence-electron chi connectivity index (χ4n) is 1.54. The maximum Gasteiger partial charge on any atom is 0.323 e. The smallest absolute Gasteiger partial charge is 0.323 e. The van der Waals surface area contributed by atoms with Crippen LogP contribution in [0.5, 0.6) is 0 Å². The summed E-state index contributed by atoms with van der Waals surface area (Å²) >= 11 is 1.53. The van der Waals surface area contributed by atoms with E-state index in [9.17, 15) is 9.59 Å². The predicted molar refractivity (Wildman–Crippen MR) is 67.1 cm³/mol. The average Bonchev–Trinajstić information content (AvgIpc) is 2.67. The predicted octanol–water partition coefficient (Wildman–Crippen LogP) is 1.86. The summed E-state index contributed by atoms with van der Waals surface area (Å²) in [5, 5.41) is 12.6. The van der Waals surface area contributed by atoms with E-state index in [4.69, 9.17) is 5.11 Å². The zero-order chi connectivity index (χ0) is 12.8. The molecule has 1 N–H and O–H groups in total. The normalized spacial score (nSPS) is 10.5. The molecular formula is C12H17NO3S. The molecule has 17 heavy (non-hydrogen) atoms. The maximum atomic E-state index is 11.9. The van der Waals surface area contributed by atoms with Crippen LogP contribution in [0.1, 0.15) is 19.4 Å². The first kappa shape index (κ1) is 13.7. The zero-order valence-electron chi connectivity index (χ0n) is 10.0. The highest BCUT2D eigenvalue weighted by Crippen LogP contribution is 2.09. The Morgan fingerprint density at radius 1 is 1.47 bits per heavy atom. The van der Waals surface area contributed by atoms with E-state index < -0.39 is 5.97 Å². The highest BCUT2D eigenvalue weighted by atomic mass is 32.1. The van der Waals surface area contributed by atoms with Gasteiger partial charge < -0.3 is 10.0 Å². The second-order valence-corrected chi connectivity index (χ2v) is 5.15. The van der Waals surface area contributed by atoms with Crippen molar-refractivity contribution < 1.29 is 14.7 Å². The number of thiophene rings is 1. The summed E-state index contributed by atoms with van der Waals surface area (Å²) < 4.78 is 0. The molecule has 1 rings (SSSR count). The van der Waals surface area contributed by atoms with Crippen LogP contribution in [0.2, 0.25) is 0 Å². The van der Waals surface area contributed by atoms with Crippen molar-refractivity contribution in [3.63, 3.8) is 0 Å². The molecule has 0 saturated carbocycles. The Bertz CT molecular complexity index is 373. The Kier molecular flexibility index (Phi) is 5.15. The van der Waals surface area contributed by atoms with Crippen LogP contribution in [0.4, 0.5) is 0 Å². The van der Waals surface area contributed by atoms with Gasteiger partial charge in [-0.3, -0.25) is 9.59 Å². The Hall–Kier alpha value is -1.36. The van der Waals surface area contributed by atoms with Gasteiger partial charge in [0, 0.05) is 6.54 Å². The highest BCUT2D eigenvalue weighted by Gasteiger charge is 2.18. The third kappa shape index (κ3) is 4.99. The summed E-state index contributed by atoms with van der Waals surface area (Å²) in [7, 11) is 0. The summed E-state index contributed by atoms with van der Waals surface area (Å²) in [4.78, 5) is 24.1. The fourth-order valence-corrected chi connectivity index (χ4v) is 2.21. The van der Waals surface area contributed by atoms with Gasteiger partial charge in [0.1, 0.15) is 6.54 Å². The lowest BCUT2D eigenvalue weighted by Crippen LogP contribution is -2.39. The molecule has 0 fully saturated rings. The van der Waals surface area contributed by atoms with Crippen molar-refractivity contribution in [2.75, 3.05) is 13.1 Å². The van der Waals surface area contributed by atoms with Gasteiger partial charge in [-0.2, -0.15) is 11.3 Å². The van der Waals surface area contributed by atoms with Crippen molar-refractivity contribution in [3.8, 4) is 0 Å². The molecule has 0 radical (unpaired) electrons. The van der Waals surface area contributed by atoms with Crippen LogP contribution < -0.4 is 0 Å². The van der Waals surface area contributed by atoms with Gasteiger partial charge in [-0.15, -0.1) is 0 Å². The minimum Gasteiger partial charge on any atom is -0.480 e. The molecule has 4 nitrogen and oxygen atoms in total. The second kappa shape index (κ2) is 6.39. The van der Waals surface area contributed by atoms with E-state index in [1.165, 1.54) is 16.2 Å². The maximum absolute atomic E-state index is 11.9. The Morgan fingerprint density at radius 2 is 2.18 bits per heavy atom. The number of hydrogen-bond acceptors (Lipinski definition) is 3. The van der Waals surface area contributed by atoms with Gasteiger partial charge in [-0.05, 0) is 28.3 Å². The summed E-state index contributed by atoms with van der Waals surface area (Å²) in [5.74, 6) is -0.829. The molecule has 0 aliphatic carbocycles. The SMILES string of the molecule is CC(C)CN(CC(=O)O)C(=O)Cc1ccsc1. The molecule has 1 heterocycles. The van der Waals surface area contributed by atoms with E-state index in [1.54, 1.807) is 0 Å². The number of carboxylic acids is 1. The van der Waals surface area contributed by atoms with E-state index >= 15 is 0 Å². The van der Waals surface area contributed by atoms with E-state index in [0.29, 0.717) is 6.54 Å². The molecule has 0 unspecified atom stereocenters. The first-order valence-corrected chi connectivity index (χ1v) is 6.44. The van der Waals surface area contributed by atoms with E-state index in [0.717, 1.165) is 5.56 Å². The van der Waals surface area contributed by atoms with Gasteiger partial charge in [0.2, 0.25) is 5.91 Å². The van der Waals surface area contributed by atoms with Crippen LogP contribution in [0.25, 0.3) is 0 Å². The van der Waals surface area contributed by atoms with E-state index in [-0.39, 0.29) is 24.8 Å². The van der Waals surface area contributed by atoms with Crippen LogP contribution in [0.15, 0.2) is 16.8 Å². The number of nitrogens with zero attached hydrogens (tertiary/aromatic N) is 1. The summed E-state index contributed by atoms with van der Waals surface area (Å²) in [5.41, 5.74) is 0.944. The van der Waals surface area contributed by atoms with Crippen LogP contribution in [0, 0.1) is 5.92 Å². The monoisotopic (exact) mass is 255 g/mol. The van der Waals surface area contributed by atoms with E-state index in [1.807, 2.05) is 30.7 Å². The molecule has 0 spiro atoms. The number of carbonyl (C=O) groups is 2. The number of hydrogen-bond donors (Lipinski definition) is 1. The lowest BCUT2D eigenvalue weighted by molar-refractivity contribution is -0.144. The second-order valence-electron chi connectivity index (χ2n) is 4.37. The minimum atomic E-state index is -0.968. The Labute approximate surface area is 105 Å². The topological polar surface area (TPSA) is 57.6 Å². The van der Waals surface area contributed by atoms with Crippen molar-refractivity contribution in [1.29, 1.82) is 0 Å². The Balaban J connectivity index is 2.61. The number of carboxylic acid groups (broad SMARTS) is 1. The average molecular weight is 255 g/mol. The molecule has 0 aliphatic heterocycles.